The summed E-state index contributed by atoms with van der Waals surface area (Å²) in [6, 6.07) is 14.9. The van der Waals surface area contributed by atoms with E-state index in [-0.39, 0.29) is 18.2 Å². The lowest BCUT2D eigenvalue weighted by atomic mass is 10.1. The highest BCUT2D eigenvalue weighted by Gasteiger charge is 2.15. The molecule has 5 heteroatoms. The number of carbonyl (C=O) groups excluding carboxylic acids is 2. The molecular formula is C21H22N2O3. The molecular weight excluding hydrogens is 328 g/mol. The predicted octanol–water partition coefficient (Wildman–Crippen LogP) is 4.27. The molecule has 1 N–H and O–H groups in total. The summed E-state index contributed by atoms with van der Waals surface area (Å²) in [6.07, 6.45) is 3.09. The molecule has 1 amide bonds. The van der Waals surface area contributed by atoms with Crippen LogP contribution in [0.15, 0.2) is 54.7 Å². The van der Waals surface area contributed by atoms with Gasteiger partial charge in [0.15, 0.2) is 5.78 Å². The number of amides is 1. The summed E-state index contributed by atoms with van der Waals surface area (Å²) in [4.78, 5) is 24.9. The Labute approximate surface area is 152 Å². The first-order chi connectivity index (χ1) is 12.6. The molecule has 0 saturated carbocycles. The molecule has 0 atom stereocenters. The van der Waals surface area contributed by atoms with Crippen LogP contribution in [0.5, 0.6) is 5.75 Å². The Kier molecular flexibility index (Phi) is 5.37. The van der Waals surface area contributed by atoms with E-state index in [1.165, 1.54) is 0 Å². The maximum atomic E-state index is 12.5. The van der Waals surface area contributed by atoms with Gasteiger partial charge in [-0.3, -0.25) is 9.59 Å². The Morgan fingerprint density at radius 1 is 1.12 bits per heavy atom. The van der Waals surface area contributed by atoms with Crippen LogP contribution in [-0.4, -0.2) is 23.4 Å². The number of aromatic nitrogens is 1. The first kappa shape index (κ1) is 17.7. The average molecular weight is 350 g/mol. The van der Waals surface area contributed by atoms with Gasteiger partial charge in [-0.1, -0.05) is 31.2 Å². The standard InChI is InChI=1S/C21H22N2O3/c1-3-7-20(24)18-13-23(19-11-5-4-10-17(18)19)14-21(25)22-15-8-6-9-16(12-15)26-2/h4-6,8-13H,3,7,14H2,1-2H3,(H,22,25). The van der Waals surface area contributed by atoms with Gasteiger partial charge in [-0.05, 0) is 24.6 Å². The minimum Gasteiger partial charge on any atom is -0.497 e. The van der Waals surface area contributed by atoms with Gasteiger partial charge in [0.25, 0.3) is 0 Å². The van der Waals surface area contributed by atoms with E-state index in [9.17, 15) is 9.59 Å². The molecule has 0 bridgehead atoms. The second-order valence-electron chi connectivity index (χ2n) is 6.14. The van der Waals surface area contributed by atoms with Crippen molar-refractivity contribution in [2.24, 2.45) is 0 Å². The molecule has 2 aromatic carbocycles. The molecule has 0 aliphatic rings. The van der Waals surface area contributed by atoms with Crippen LogP contribution < -0.4 is 10.1 Å². The zero-order chi connectivity index (χ0) is 18.5. The number of ketones is 1. The van der Waals surface area contributed by atoms with Crippen molar-refractivity contribution in [2.75, 3.05) is 12.4 Å². The monoisotopic (exact) mass is 350 g/mol. The Morgan fingerprint density at radius 3 is 2.69 bits per heavy atom. The minimum absolute atomic E-state index is 0.107. The normalized spacial score (nSPS) is 10.7. The van der Waals surface area contributed by atoms with Crippen molar-refractivity contribution in [1.82, 2.24) is 4.57 Å². The Hall–Kier alpha value is -3.08. The van der Waals surface area contributed by atoms with E-state index in [1.807, 2.05) is 54.0 Å². The molecule has 0 aliphatic carbocycles. The fourth-order valence-electron chi connectivity index (χ4n) is 3.02. The lowest BCUT2D eigenvalue weighted by Crippen LogP contribution is -2.18. The van der Waals surface area contributed by atoms with Crippen molar-refractivity contribution in [1.29, 1.82) is 0 Å². The number of Topliss-reactive ketones (excluding diaryl/α,β-unsaturated/α-hetero) is 1. The third-order valence-corrected chi connectivity index (χ3v) is 4.23. The highest BCUT2D eigenvalue weighted by molar-refractivity contribution is 6.08. The van der Waals surface area contributed by atoms with Crippen molar-refractivity contribution in [3.63, 3.8) is 0 Å². The number of benzene rings is 2. The van der Waals surface area contributed by atoms with E-state index in [4.69, 9.17) is 4.74 Å². The summed E-state index contributed by atoms with van der Waals surface area (Å²) < 4.78 is 7.00. The Balaban J connectivity index is 1.84. The van der Waals surface area contributed by atoms with Gasteiger partial charge in [0.05, 0.1) is 7.11 Å². The van der Waals surface area contributed by atoms with Crippen molar-refractivity contribution in [3.8, 4) is 5.75 Å². The highest BCUT2D eigenvalue weighted by Crippen LogP contribution is 2.23. The van der Waals surface area contributed by atoms with Crippen LogP contribution in [0.1, 0.15) is 30.1 Å². The largest absolute Gasteiger partial charge is 0.497 e. The predicted molar refractivity (Wildman–Crippen MR) is 103 cm³/mol. The number of anilines is 1. The number of rotatable bonds is 7. The topological polar surface area (TPSA) is 60.3 Å². The fraction of sp³-hybridized carbons (Fsp3) is 0.238. The summed E-state index contributed by atoms with van der Waals surface area (Å²) >= 11 is 0. The number of nitrogens with zero attached hydrogens (tertiary/aromatic N) is 1. The summed E-state index contributed by atoms with van der Waals surface area (Å²) in [5, 5.41) is 3.76. The molecule has 1 aromatic heterocycles. The van der Waals surface area contributed by atoms with Gasteiger partial charge in [-0.2, -0.15) is 0 Å². The highest BCUT2D eigenvalue weighted by atomic mass is 16.5. The molecule has 1 heterocycles. The van der Waals surface area contributed by atoms with Crippen LogP contribution in [0.3, 0.4) is 0 Å². The molecule has 26 heavy (non-hydrogen) atoms. The van der Waals surface area contributed by atoms with Crippen molar-refractivity contribution < 1.29 is 14.3 Å². The van der Waals surface area contributed by atoms with Crippen molar-refractivity contribution in [2.45, 2.75) is 26.3 Å². The molecule has 0 aliphatic heterocycles. The van der Waals surface area contributed by atoms with Crippen LogP contribution in [-0.2, 0) is 11.3 Å². The van der Waals surface area contributed by atoms with E-state index in [0.717, 1.165) is 17.3 Å². The molecule has 5 nitrogen and oxygen atoms in total. The maximum absolute atomic E-state index is 12.5. The van der Waals surface area contributed by atoms with Crippen LogP contribution in [0.25, 0.3) is 10.9 Å². The fourth-order valence-corrected chi connectivity index (χ4v) is 3.02. The molecule has 0 saturated heterocycles. The van der Waals surface area contributed by atoms with Gasteiger partial charge in [-0.25, -0.2) is 0 Å². The second kappa shape index (κ2) is 7.87. The first-order valence-electron chi connectivity index (χ1n) is 8.67. The summed E-state index contributed by atoms with van der Waals surface area (Å²) in [5.41, 5.74) is 2.23. The van der Waals surface area contributed by atoms with E-state index in [0.29, 0.717) is 23.4 Å². The summed E-state index contributed by atoms with van der Waals surface area (Å²) in [7, 11) is 1.59. The Morgan fingerprint density at radius 2 is 1.92 bits per heavy atom. The van der Waals surface area contributed by atoms with E-state index in [2.05, 4.69) is 5.32 Å². The zero-order valence-corrected chi connectivity index (χ0v) is 15.0. The number of methoxy groups -OCH3 is 1. The Bertz CT molecular complexity index is 943. The van der Waals surface area contributed by atoms with E-state index >= 15 is 0 Å². The summed E-state index contributed by atoms with van der Waals surface area (Å²) in [6.45, 7) is 2.12. The van der Waals surface area contributed by atoms with Gasteiger partial charge in [0.2, 0.25) is 5.91 Å². The van der Waals surface area contributed by atoms with Crippen molar-refractivity contribution in [3.05, 3.63) is 60.3 Å². The third-order valence-electron chi connectivity index (χ3n) is 4.23. The van der Waals surface area contributed by atoms with Crippen LogP contribution >= 0.6 is 0 Å². The lowest BCUT2D eigenvalue weighted by Gasteiger charge is -2.08. The number of fused-ring (bicyclic) bond motifs is 1. The SMILES string of the molecule is CCCC(=O)c1cn(CC(=O)Nc2cccc(OC)c2)c2ccccc12. The lowest BCUT2D eigenvalue weighted by molar-refractivity contribution is -0.116. The third kappa shape index (κ3) is 3.77. The average Bonchev–Trinajstić information content (AvgIpc) is 3.01. The first-order valence-corrected chi connectivity index (χ1v) is 8.67. The van der Waals surface area contributed by atoms with Gasteiger partial charge in [0.1, 0.15) is 12.3 Å². The smallest absolute Gasteiger partial charge is 0.244 e. The maximum Gasteiger partial charge on any atom is 0.244 e. The van der Waals surface area contributed by atoms with Crippen LogP contribution in [0.2, 0.25) is 0 Å². The van der Waals surface area contributed by atoms with Gasteiger partial charge in [-0.15, -0.1) is 0 Å². The van der Waals surface area contributed by atoms with E-state index in [1.54, 1.807) is 19.4 Å². The molecule has 0 radical (unpaired) electrons. The van der Waals surface area contributed by atoms with Gasteiger partial charge in [0, 0.05) is 40.8 Å². The summed E-state index contributed by atoms with van der Waals surface area (Å²) in [5.74, 6) is 0.630. The molecule has 0 unspecified atom stereocenters. The number of nitrogens with one attached hydrogen (secondary N) is 1. The van der Waals surface area contributed by atoms with Crippen molar-refractivity contribution >= 4 is 28.3 Å². The second-order valence-corrected chi connectivity index (χ2v) is 6.14. The quantitative estimate of drug-likeness (QED) is 0.647. The molecule has 0 spiro atoms. The number of hydrogen-bond acceptors (Lipinski definition) is 3. The minimum atomic E-state index is -0.159. The van der Waals surface area contributed by atoms with Gasteiger partial charge >= 0.3 is 0 Å². The van der Waals surface area contributed by atoms with E-state index < -0.39 is 0 Å². The van der Waals surface area contributed by atoms with Crippen LogP contribution in [0, 0.1) is 0 Å². The number of para-hydroxylation sites is 1. The molecule has 3 aromatic rings. The number of hydrogen-bond donors (Lipinski definition) is 1. The van der Waals surface area contributed by atoms with Crippen LogP contribution in [0.4, 0.5) is 5.69 Å². The zero-order valence-electron chi connectivity index (χ0n) is 15.0. The molecule has 3 rings (SSSR count). The van der Waals surface area contributed by atoms with Gasteiger partial charge < -0.3 is 14.6 Å². The number of carbonyl (C=O) groups is 2. The molecule has 0 fully saturated rings. The number of ether oxygens (including phenoxy) is 1. The molecule has 134 valence electrons.